The molecule has 1 aliphatic rings. The van der Waals surface area contributed by atoms with Gasteiger partial charge in [0, 0.05) is 0 Å². The molecule has 0 fully saturated rings. The third-order valence-electron chi connectivity index (χ3n) is 3.10. The van der Waals surface area contributed by atoms with Gasteiger partial charge in [-0.2, -0.15) is 0 Å². The van der Waals surface area contributed by atoms with Gasteiger partial charge in [-0.05, 0) is 33.7 Å². The molecule has 19 heavy (non-hydrogen) atoms. The van der Waals surface area contributed by atoms with Gasteiger partial charge in [0.15, 0.2) is 6.40 Å². The number of rotatable bonds is 0. The van der Waals surface area contributed by atoms with E-state index in [9.17, 15) is 0 Å². The molecule has 0 saturated carbocycles. The maximum absolute atomic E-state index is 4.65. The van der Waals surface area contributed by atoms with Crippen molar-refractivity contribution in [2.45, 2.75) is 0 Å². The Morgan fingerprint density at radius 1 is 0.737 bits per heavy atom. The van der Waals surface area contributed by atoms with Crippen LogP contribution in [-0.4, -0.2) is 19.6 Å². The van der Waals surface area contributed by atoms with Crippen LogP contribution < -0.4 is 0 Å². The molecule has 0 N–H and O–H groups in total. The number of aliphatic imine (C=N–C) groups is 1. The van der Waals surface area contributed by atoms with Crippen molar-refractivity contribution in [1.82, 2.24) is 0 Å². The lowest BCUT2D eigenvalue weighted by atomic mass is 10.0. The molecule has 0 amide bonds. The van der Waals surface area contributed by atoms with Crippen LogP contribution in [0.25, 0.3) is 21.5 Å². The molecular weight excluding hydrogens is 234 g/mol. The van der Waals surface area contributed by atoms with E-state index < -0.39 is 0 Å². The monoisotopic (exact) mass is 249 g/mol. The quantitative estimate of drug-likeness (QED) is 0.551. The van der Waals surface area contributed by atoms with Crippen molar-refractivity contribution in [1.29, 1.82) is 0 Å². The Bertz CT molecular complexity index is 607. The van der Waals surface area contributed by atoms with Crippen molar-refractivity contribution in [2.24, 2.45) is 4.99 Å². The van der Waals surface area contributed by atoms with E-state index in [1.165, 1.54) is 27.9 Å². The topological polar surface area (TPSA) is 21.6 Å². The summed E-state index contributed by atoms with van der Waals surface area (Å²) in [5, 5.41) is 5.25. The molecule has 1 heterocycles. The summed E-state index contributed by atoms with van der Waals surface area (Å²) in [6, 6.07) is 21.4. The van der Waals surface area contributed by atoms with Crippen molar-refractivity contribution >= 4 is 27.9 Å². The second-order valence-corrected chi connectivity index (χ2v) is 4.43. The summed E-state index contributed by atoms with van der Waals surface area (Å²) < 4.78 is 4.65. The summed E-state index contributed by atoms with van der Waals surface area (Å²) in [6.45, 7) is 1.62. The molecule has 0 radical (unpaired) electrons. The van der Waals surface area contributed by atoms with E-state index in [-0.39, 0.29) is 0 Å². The standard InChI is InChI=1S/C14H10.C3H5NO/c1-2-6-12-10-14-8-4-3-7-13(14)9-11(12)5-1;1-2-5-3-4-1/h1-10H;3H,1-2H2. The van der Waals surface area contributed by atoms with Crippen LogP contribution in [0.4, 0.5) is 0 Å². The summed E-state index contributed by atoms with van der Waals surface area (Å²) in [7, 11) is 0. The van der Waals surface area contributed by atoms with Crippen LogP contribution in [-0.2, 0) is 4.74 Å². The Balaban J connectivity index is 0.000000187. The Morgan fingerprint density at radius 3 is 1.47 bits per heavy atom. The predicted octanol–water partition coefficient (Wildman–Crippen LogP) is 4.04. The second-order valence-electron chi connectivity index (χ2n) is 4.43. The first kappa shape index (κ1) is 11.7. The highest BCUT2D eigenvalue weighted by Crippen LogP contribution is 2.21. The lowest BCUT2D eigenvalue weighted by Gasteiger charge is -2.00. The molecule has 2 heteroatoms. The maximum Gasteiger partial charge on any atom is 0.169 e. The normalized spacial score (nSPS) is 13.1. The van der Waals surface area contributed by atoms with Gasteiger partial charge in [-0.3, -0.25) is 4.99 Å². The Hall–Kier alpha value is -2.35. The van der Waals surface area contributed by atoms with E-state index in [0.29, 0.717) is 0 Å². The van der Waals surface area contributed by atoms with Gasteiger partial charge in [-0.15, -0.1) is 0 Å². The molecule has 0 spiro atoms. The largest absolute Gasteiger partial charge is 0.482 e. The number of ether oxygens (including phenoxy) is 1. The first-order chi connectivity index (χ1) is 9.43. The lowest BCUT2D eigenvalue weighted by Crippen LogP contribution is -1.80. The van der Waals surface area contributed by atoms with Crippen LogP contribution in [0.5, 0.6) is 0 Å². The van der Waals surface area contributed by atoms with Crippen LogP contribution in [0.3, 0.4) is 0 Å². The fraction of sp³-hybridized carbons (Fsp3) is 0.118. The summed E-state index contributed by atoms with van der Waals surface area (Å²) in [4.78, 5) is 3.74. The first-order valence-corrected chi connectivity index (χ1v) is 6.41. The van der Waals surface area contributed by atoms with Crippen molar-refractivity contribution < 1.29 is 4.74 Å². The molecule has 0 unspecified atom stereocenters. The summed E-state index contributed by atoms with van der Waals surface area (Å²) in [5.41, 5.74) is 0. The minimum Gasteiger partial charge on any atom is -0.482 e. The predicted molar refractivity (Wildman–Crippen MR) is 80.8 cm³/mol. The SMILES string of the molecule is C1=NCCO1.c1ccc2cc3ccccc3cc2c1. The zero-order chi connectivity index (χ0) is 12.9. The highest BCUT2D eigenvalue weighted by molar-refractivity contribution is 5.98. The third-order valence-corrected chi connectivity index (χ3v) is 3.10. The lowest BCUT2D eigenvalue weighted by molar-refractivity contribution is 0.361. The Labute approximate surface area is 112 Å². The van der Waals surface area contributed by atoms with E-state index in [1.807, 2.05) is 0 Å². The van der Waals surface area contributed by atoms with Crippen molar-refractivity contribution in [3.8, 4) is 0 Å². The molecule has 4 rings (SSSR count). The van der Waals surface area contributed by atoms with E-state index in [1.54, 1.807) is 0 Å². The second kappa shape index (κ2) is 5.53. The number of nitrogens with zero attached hydrogens (tertiary/aromatic N) is 1. The smallest absolute Gasteiger partial charge is 0.169 e. The van der Waals surface area contributed by atoms with Gasteiger partial charge in [-0.25, -0.2) is 0 Å². The molecule has 3 aromatic carbocycles. The average Bonchev–Trinajstić information content (AvgIpc) is 3.04. The van der Waals surface area contributed by atoms with Crippen molar-refractivity contribution in [3.63, 3.8) is 0 Å². The zero-order valence-corrected chi connectivity index (χ0v) is 10.6. The molecule has 2 nitrogen and oxygen atoms in total. The van der Waals surface area contributed by atoms with Crippen LogP contribution in [0.15, 0.2) is 65.7 Å². The molecular formula is C17H15NO. The van der Waals surface area contributed by atoms with Gasteiger partial charge in [0.05, 0.1) is 6.54 Å². The highest BCUT2D eigenvalue weighted by atomic mass is 16.5. The summed E-state index contributed by atoms with van der Waals surface area (Å²) in [6.07, 6.45) is 1.49. The van der Waals surface area contributed by atoms with Crippen molar-refractivity contribution in [3.05, 3.63) is 60.7 Å². The van der Waals surface area contributed by atoms with Crippen molar-refractivity contribution in [2.75, 3.05) is 13.2 Å². The number of hydrogen-bond acceptors (Lipinski definition) is 2. The highest BCUT2D eigenvalue weighted by Gasteiger charge is 1.95. The van der Waals surface area contributed by atoms with E-state index in [4.69, 9.17) is 0 Å². The first-order valence-electron chi connectivity index (χ1n) is 6.41. The van der Waals surface area contributed by atoms with Gasteiger partial charge >= 0.3 is 0 Å². The summed E-state index contributed by atoms with van der Waals surface area (Å²) in [5.74, 6) is 0. The molecule has 0 atom stereocenters. The molecule has 3 aromatic rings. The van der Waals surface area contributed by atoms with E-state index in [0.717, 1.165) is 13.2 Å². The van der Waals surface area contributed by atoms with Crippen LogP contribution in [0.1, 0.15) is 0 Å². The number of benzene rings is 3. The fourth-order valence-electron chi connectivity index (χ4n) is 2.15. The molecule has 1 aliphatic heterocycles. The zero-order valence-electron chi connectivity index (χ0n) is 10.6. The van der Waals surface area contributed by atoms with Gasteiger partial charge in [-0.1, -0.05) is 48.5 Å². The van der Waals surface area contributed by atoms with E-state index in [2.05, 4.69) is 70.4 Å². The molecule has 0 aromatic heterocycles. The third kappa shape index (κ3) is 2.74. The minimum absolute atomic E-state index is 0.778. The molecule has 0 saturated heterocycles. The van der Waals surface area contributed by atoms with Gasteiger partial charge in [0.1, 0.15) is 6.61 Å². The van der Waals surface area contributed by atoms with Gasteiger partial charge in [0.2, 0.25) is 0 Å². The van der Waals surface area contributed by atoms with Gasteiger partial charge in [0.25, 0.3) is 0 Å². The average molecular weight is 249 g/mol. The molecule has 94 valence electrons. The number of fused-ring (bicyclic) bond motifs is 2. The Morgan fingerprint density at radius 2 is 1.21 bits per heavy atom. The van der Waals surface area contributed by atoms with Crippen LogP contribution in [0, 0.1) is 0 Å². The Kier molecular flexibility index (Phi) is 3.41. The minimum atomic E-state index is 0.778. The molecule has 0 aliphatic carbocycles. The van der Waals surface area contributed by atoms with Gasteiger partial charge < -0.3 is 4.74 Å². The number of hydrogen-bond donors (Lipinski definition) is 0. The van der Waals surface area contributed by atoms with E-state index >= 15 is 0 Å². The van der Waals surface area contributed by atoms with Crippen LogP contribution in [0.2, 0.25) is 0 Å². The fourth-order valence-corrected chi connectivity index (χ4v) is 2.15. The van der Waals surface area contributed by atoms with Crippen LogP contribution >= 0.6 is 0 Å². The maximum atomic E-state index is 4.65. The molecule has 0 bridgehead atoms. The summed E-state index contributed by atoms with van der Waals surface area (Å²) >= 11 is 0.